The van der Waals surface area contributed by atoms with Gasteiger partial charge in [-0.1, -0.05) is 42.5 Å². The van der Waals surface area contributed by atoms with Crippen LogP contribution >= 0.6 is 0 Å². The van der Waals surface area contributed by atoms with Gasteiger partial charge in [-0.25, -0.2) is 0 Å². The van der Waals surface area contributed by atoms with Gasteiger partial charge in [0.2, 0.25) is 0 Å². The molecule has 156 valence electrons. The monoisotopic (exact) mass is 418 g/mol. The molecule has 0 aromatic heterocycles. The largest absolute Gasteiger partial charge is 0.457 e. The first-order valence-corrected chi connectivity index (χ1v) is 9.55. The number of carbonyl (C=O) groups is 2. The van der Waals surface area contributed by atoms with Crippen molar-refractivity contribution in [2.45, 2.75) is 18.9 Å². The SMILES string of the molecule is C[C@H](OC(=O)C1c2ccccc2Oc2ccccc21)C(=O)Nc1cccc([N+](=O)[O-])c1. The molecule has 1 amide bonds. The van der Waals surface area contributed by atoms with Crippen molar-refractivity contribution in [1.29, 1.82) is 0 Å². The van der Waals surface area contributed by atoms with Crippen LogP contribution < -0.4 is 10.1 Å². The van der Waals surface area contributed by atoms with Crippen LogP contribution in [0.25, 0.3) is 0 Å². The minimum absolute atomic E-state index is 0.155. The molecule has 4 rings (SSSR count). The summed E-state index contributed by atoms with van der Waals surface area (Å²) in [6.07, 6.45) is -1.12. The van der Waals surface area contributed by atoms with Gasteiger partial charge in [0.25, 0.3) is 11.6 Å². The van der Waals surface area contributed by atoms with Crippen LogP contribution in [0.2, 0.25) is 0 Å². The van der Waals surface area contributed by atoms with Gasteiger partial charge in [0, 0.05) is 28.9 Å². The van der Waals surface area contributed by atoms with Crippen LogP contribution in [-0.4, -0.2) is 22.9 Å². The van der Waals surface area contributed by atoms with Gasteiger partial charge in [0.05, 0.1) is 4.92 Å². The third kappa shape index (κ3) is 4.09. The summed E-state index contributed by atoms with van der Waals surface area (Å²) >= 11 is 0. The highest BCUT2D eigenvalue weighted by molar-refractivity contribution is 5.96. The lowest BCUT2D eigenvalue weighted by molar-refractivity contribution is -0.384. The number of hydrogen-bond donors (Lipinski definition) is 1. The number of benzene rings is 3. The molecule has 1 aliphatic heterocycles. The van der Waals surface area contributed by atoms with Crippen LogP contribution in [0, 0.1) is 10.1 Å². The molecule has 31 heavy (non-hydrogen) atoms. The van der Waals surface area contributed by atoms with Gasteiger partial charge >= 0.3 is 5.97 Å². The maximum Gasteiger partial charge on any atom is 0.318 e. The number of rotatable bonds is 5. The molecule has 3 aromatic rings. The molecule has 1 N–H and O–H groups in total. The van der Waals surface area contributed by atoms with Gasteiger partial charge in [0.1, 0.15) is 17.4 Å². The number of nitro groups is 1. The summed E-state index contributed by atoms with van der Waals surface area (Å²) in [5, 5.41) is 13.4. The Balaban J connectivity index is 1.52. The summed E-state index contributed by atoms with van der Waals surface area (Å²) < 4.78 is 11.4. The molecule has 0 saturated carbocycles. The minimum Gasteiger partial charge on any atom is -0.457 e. The normalized spacial score (nSPS) is 13.2. The van der Waals surface area contributed by atoms with E-state index in [0.29, 0.717) is 22.6 Å². The van der Waals surface area contributed by atoms with Crippen molar-refractivity contribution in [3.8, 4) is 11.5 Å². The van der Waals surface area contributed by atoms with E-state index in [1.807, 2.05) is 12.1 Å². The van der Waals surface area contributed by atoms with E-state index < -0.39 is 28.8 Å². The van der Waals surface area contributed by atoms with Gasteiger partial charge in [0.15, 0.2) is 6.10 Å². The van der Waals surface area contributed by atoms with Gasteiger partial charge < -0.3 is 14.8 Å². The Morgan fingerprint density at radius 3 is 2.23 bits per heavy atom. The van der Waals surface area contributed by atoms with Crippen LogP contribution in [-0.2, 0) is 14.3 Å². The maximum absolute atomic E-state index is 13.1. The van der Waals surface area contributed by atoms with Crippen molar-refractivity contribution in [2.24, 2.45) is 0 Å². The molecule has 0 radical (unpaired) electrons. The molecular formula is C23H18N2O6. The summed E-state index contributed by atoms with van der Waals surface area (Å²) in [6, 6.07) is 19.9. The summed E-state index contributed by atoms with van der Waals surface area (Å²) in [6.45, 7) is 1.45. The number of ether oxygens (including phenoxy) is 2. The fourth-order valence-corrected chi connectivity index (χ4v) is 3.40. The van der Waals surface area contributed by atoms with E-state index >= 15 is 0 Å². The van der Waals surface area contributed by atoms with Crippen molar-refractivity contribution < 1.29 is 24.0 Å². The summed E-state index contributed by atoms with van der Waals surface area (Å²) in [7, 11) is 0. The predicted octanol–water partition coefficient (Wildman–Crippen LogP) is 4.40. The first-order chi connectivity index (χ1) is 14.9. The number of esters is 1. The second kappa shape index (κ2) is 8.27. The lowest BCUT2D eigenvalue weighted by Gasteiger charge is -2.27. The van der Waals surface area contributed by atoms with Crippen LogP contribution in [0.15, 0.2) is 72.8 Å². The fourth-order valence-electron chi connectivity index (χ4n) is 3.40. The van der Waals surface area contributed by atoms with E-state index in [1.54, 1.807) is 36.4 Å². The van der Waals surface area contributed by atoms with Gasteiger partial charge in [-0.2, -0.15) is 0 Å². The highest BCUT2D eigenvalue weighted by Crippen LogP contribution is 2.44. The van der Waals surface area contributed by atoms with Gasteiger partial charge in [-0.3, -0.25) is 19.7 Å². The molecule has 1 heterocycles. The van der Waals surface area contributed by atoms with E-state index in [1.165, 1.54) is 31.2 Å². The number of nitrogens with one attached hydrogen (secondary N) is 1. The third-order valence-electron chi connectivity index (χ3n) is 4.90. The molecule has 0 fully saturated rings. The van der Waals surface area contributed by atoms with E-state index in [4.69, 9.17) is 9.47 Å². The number of nitro benzene ring substituents is 1. The Morgan fingerprint density at radius 2 is 1.61 bits per heavy atom. The molecule has 8 nitrogen and oxygen atoms in total. The molecule has 3 aromatic carbocycles. The molecule has 0 unspecified atom stereocenters. The second-order valence-corrected chi connectivity index (χ2v) is 6.99. The number of hydrogen-bond acceptors (Lipinski definition) is 6. The number of anilines is 1. The quantitative estimate of drug-likeness (QED) is 0.374. The third-order valence-corrected chi connectivity index (χ3v) is 4.90. The van der Waals surface area contributed by atoms with Crippen molar-refractivity contribution in [3.63, 3.8) is 0 Å². The van der Waals surface area contributed by atoms with Crippen LogP contribution in [0.1, 0.15) is 24.0 Å². The summed E-state index contributed by atoms with van der Waals surface area (Å²) in [4.78, 5) is 36.0. The Bertz CT molecular complexity index is 1130. The lowest BCUT2D eigenvalue weighted by Crippen LogP contribution is -2.32. The first kappa shape index (κ1) is 20.1. The number of non-ortho nitro benzene ring substituents is 1. The van der Waals surface area contributed by atoms with Crippen molar-refractivity contribution >= 4 is 23.3 Å². The molecule has 0 aliphatic carbocycles. The van der Waals surface area contributed by atoms with E-state index in [-0.39, 0.29) is 11.4 Å². The zero-order valence-corrected chi connectivity index (χ0v) is 16.5. The van der Waals surface area contributed by atoms with Crippen molar-refractivity contribution in [2.75, 3.05) is 5.32 Å². The van der Waals surface area contributed by atoms with E-state index in [2.05, 4.69) is 5.32 Å². The Morgan fingerprint density at radius 1 is 1.00 bits per heavy atom. The standard InChI is InChI=1S/C23H18N2O6/c1-14(22(26)24-15-7-6-8-16(13-15)25(28)29)30-23(27)21-17-9-2-4-11-19(17)31-20-12-5-3-10-18(20)21/h2-14,21H,1H3,(H,24,26)/t14-/m0/s1. The van der Waals surface area contributed by atoms with Crippen LogP contribution in [0.5, 0.6) is 11.5 Å². The molecule has 0 bridgehead atoms. The van der Waals surface area contributed by atoms with E-state index in [0.717, 1.165) is 0 Å². The molecule has 0 spiro atoms. The first-order valence-electron chi connectivity index (χ1n) is 9.55. The van der Waals surface area contributed by atoms with Crippen LogP contribution in [0.3, 0.4) is 0 Å². The second-order valence-electron chi connectivity index (χ2n) is 6.99. The van der Waals surface area contributed by atoms with Crippen molar-refractivity contribution in [1.82, 2.24) is 0 Å². The van der Waals surface area contributed by atoms with E-state index in [9.17, 15) is 19.7 Å². The smallest absolute Gasteiger partial charge is 0.318 e. The number of para-hydroxylation sites is 2. The van der Waals surface area contributed by atoms with Crippen LogP contribution in [0.4, 0.5) is 11.4 Å². The number of carbonyl (C=O) groups excluding carboxylic acids is 2. The number of amides is 1. The zero-order chi connectivity index (χ0) is 22.0. The van der Waals surface area contributed by atoms with Crippen molar-refractivity contribution in [3.05, 3.63) is 94.0 Å². The number of fused-ring (bicyclic) bond motifs is 2. The number of nitrogens with zero attached hydrogens (tertiary/aromatic N) is 1. The Kier molecular flexibility index (Phi) is 5.36. The van der Waals surface area contributed by atoms with Gasteiger partial charge in [-0.05, 0) is 25.1 Å². The minimum atomic E-state index is -1.12. The maximum atomic E-state index is 13.1. The van der Waals surface area contributed by atoms with Gasteiger partial charge in [-0.15, -0.1) is 0 Å². The molecular weight excluding hydrogens is 400 g/mol. The molecule has 1 atom stereocenters. The Labute approximate surface area is 177 Å². The molecule has 0 saturated heterocycles. The molecule has 8 heteroatoms. The zero-order valence-electron chi connectivity index (χ0n) is 16.5. The average molecular weight is 418 g/mol. The summed E-state index contributed by atoms with van der Waals surface area (Å²) in [5.41, 5.74) is 1.39. The average Bonchev–Trinajstić information content (AvgIpc) is 2.77. The molecule has 1 aliphatic rings. The fraction of sp³-hybridized carbons (Fsp3) is 0.130. The lowest BCUT2D eigenvalue weighted by atomic mass is 9.88. The highest BCUT2D eigenvalue weighted by Gasteiger charge is 2.35. The topological polar surface area (TPSA) is 108 Å². The summed E-state index contributed by atoms with van der Waals surface area (Å²) in [5.74, 6) is -0.824. The highest BCUT2D eigenvalue weighted by atomic mass is 16.6. The Hall–Kier alpha value is -4.20. The predicted molar refractivity (Wildman–Crippen MR) is 112 cm³/mol.